The number of ether oxygens (including phenoxy) is 1. The Hall–Kier alpha value is -2.37. The normalized spacial score (nSPS) is 15.7. The number of amides is 1. The van der Waals surface area contributed by atoms with E-state index in [1.165, 1.54) is 11.1 Å². The predicted molar refractivity (Wildman–Crippen MR) is 107 cm³/mol. The highest BCUT2D eigenvalue weighted by Gasteiger charge is 2.36. The van der Waals surface area contributed by atoms with Gasteiger partial charge in [0.15, 0.2) is 0 Å². The second kappa shape index (κ2) is 9.01. The molecule has 0 aliphatic carbocycles. The van der Waals surface area contributed by atoms with E-state index in [0.29, 0.717) is 12.7 Å². The summed E-state index contributed by atoms with van der Waals surface area (Å²) in [6.07, 6.45) is -3.29. The van der Waals surface area contributed by atoms with E-state index in [1.54, 1.807) is 19.1 Å². The van der Waals surface area contributed by atoms with E-state index in [9.17, 15) is 26.4 Å². The van der Waals surface area contributed by atoms with Gasteiger partial charge >= 0.3 is 6.18 Å². The van der Waals surface area contributed by atoms with Crippen molar-refractivity contribution in [3.8, 4) is 5.88 Å². The molecule has 7 nitrogen and oxygen atoms in total. The summed E-state index contributed by atoms with van der Waals surface area (Å²) in [7, 11) is -4.19. The third-order valence-corrected chi connectivity index (χ3v) is 6.91. The molecule has 0 saturated carbocycles. The van der Waals surface area contributed by atoms with Gasteiger partial charge in [-0.25, -0.2) is 13.4 Å². The van der Waals surface area contributed by atoms with Gasteiger partial charge in [-0.15, -0.1) is 0 Å². The number of benzene rings is 1. The third-order valence-electron chi connectivity index (χ3n) is 4.69. The van der Waals surface area contributed by atoms with Crippen LogP contribution in [0.15, 0.2) is 41.4 Å². The molecule has 31 heavy (non-hydrogen) atoms. The fourth-order valence-electron chi connectivity index (χ4n) is 3.14. The van der Waals surface area contributed by atoms with E-state index in [2.05, 4.69) is 4.98 Å². The number of pyridine rings is 1. The van der Waals surface area contributed by atoms with Crippen LogP contribution in [0.1, 0.15) is 22.8 Å². The summed E-state index contributed by atoms with van der Waals surface area (Å²) in [5, 5.41) is -0.580. The van der Waals surface area contributed by atoms with Crippen molar-refractivity contribution in [3.63, 3.8) is 0 Å². The van der Waals surface area contributed by atoms with Crippen LogP contribution in [0.4, 0.5) is 13.2 Å². The molecule has 1 saturated heterocycles. The highest BCUT2D eigenvalue weighted by Crippen LogP contribution is 2.36. The molecular formula is C19H19ClF3N3O4S. The SMILES string of the molecule is CCOc1ncccc1C(=O)N1CCN(S(=O)(=O)c2ccc(Cl)c(C(F)(F)F)c2)CC1. The zero-order valence-electron chi connectivity index (χ0n) is 16.4. The standard InChI is InChI=1S/C19H19ClF3N3O4S/c1-2-30-17-14(4-3-7-24-17)18(27)25-8-10-26(11-9-25)31(28,29)13-5-6-16(20)15(12-13)19(21,22)23/h3-7,12H,2,8-11H2,1H3. The van der Waals surface area contributed by atoms with E-state index in [0.717, 1.165) is 16.4 Å². The molecule has 1 amide bonds. The van der Waals surface area contributed by atoms with Crippen molar-refractivity contribution >= 4 is 27.5 Å². The Morgan fingerprint density at radius 3 is 2.48 bits per heavy atom. The van der Waals surface area contributed by atoms with Gasteiger partial charge in [0.25, 0.3) is 5.91 Å². The maximum absolute atomic E-state index is 13.1. The van der Waals surface area contributed by atoms with Crippen molar-refractivity contribution in [2.75, 3.05) is 32.8 Å². The molecule has 1 aliphatic heterocycles. The molecule has 0 atom stereocenters. The number of carbonyl (C=O) groups excluding carboxylic acids is 1. The Kier molecular flexibility index (Phi) is 6.77. The largest absolute Gasteiger partial charge is 0.477 e. The van der Waals surface area contributed by atoms with Crippen molar-refractivity contribution in [1.82, 2.24) is 14.2 Å². The average molecular weight is 478 g/mol. The lowest BCUT2D eigenvalue weighted by molar-refractivity contribution is -0.137. The van der Waals surface area contributed by atoms with E-state index in [1.807, 2.05) is 0 Å². The third kappa shape index (κ3) is 4.94. The maximum atomic E-state index is 13.1. The Morgan fingerprint density at radius 1 is 1.19 bits per heavy atom. The predicted octanol–water partition coefficient (Wildman–Crippen LogP) is 3.30. The number of alkyl halides is 3. The molecule has 0 unspecified atom stereocenters. The van der Waals surface area contributed by atoms with Crippen molar-refractivity contribution in [3.05, 3.63) is 52.7 Å². The highest BCUT2D eigenvalue weighted by molar-refractivity contribution is 7.89. The summed E-state index contributed by atoms with van der Waals surface area (Å²) in [6, 6.07) is 5.63. The molecule has 0 N–H and O–H groups in total. The molecule has 0 bridgehead atoms. The van der Waals surface area contributed by atoms with Crippen LogP contribution >= 0.6 is 11.6 Å². The summed E-state index contributed by atoms with van der Waals surface area (Å²) < 4.78 is 71.4. The number of halogens is 4. The second-order valence-electron chi connectivity index (χ2n) is 6.62. The van der Waals surface area contributed by atoms with Crippen molar-refractivity contribution in [2.24, 2.45) is 0 Å². The van der Waals surface area contributed by atoms with Crippen LogP contribution in [0.25, 0.3) is 0 Å². The molecule has 168 valence electrons. The first-order valence-corrected chi connectivity index (χ1v) is 11.1. The number of carbonyl (C=O) groups is 1. The molecule has 12 heteroatoms. The molecule has 1 aromatic carbocycles. The Morgan fingerprint density at radius 2 is 1.87 bits per heavy atom. The van der Waals surface area contributed by atoms with Gasteiger partial charge in [-0.2, -0.15) is 17.5 Å². The first-order valence-electron chi connectivity index (χ1n) is 9.29. The van der Waals surface area contributed by atoms with Gasteiger partial charge in [0.05, 0.1) is 22.1 Å². The fourth-order valence-corrected chi connectivity index (χ4v) is 4.81. The Labute approximate surface area is 182 Å². The van der Waals surface area contributed by atoms with Crippen LogP contribution in [0.5, 0.6) is 5.88 Å². The number of hydrogen-bond donors (Lipinski definition) is 0. The monoisotopic (exact) mass is 477 g/mol. The lowest BCUT2D eigenvalue weighted by Gasteiger charge is -2.34. The van der Waals surface area contributed by atoms with Crippen molar-refractivity contribution < 1.29 is 31.1 Å². The number of nitrogens with zero attached hydrogens (tertiary/aromatic N) is 3. The summed E-state index contributed by atoms with van der Waals surface area (Å²) in [5.41, 5.74) is -0.961. The second-order valence-corrected chi connectivity index (χ2v) is 8.97. The topological polar surface area (TPSA) is 79.8 Å². The van der Waals surface area contributed by atoms with Crippen molar-refractivity contribution in [2.45, 2.75) is 18.0 Å². The van der Waals surface area contributed by atoms with Gasteiger partial charge in [0.1, 0.15) is 5.56 Å². The van der Waals surface area contributed by atoms with Gasteiger partial charge in [0.2, 0.25) is 15.9 Å². The van der Waals surface area contributed by atoms with E-state index in [-0.39, 0.29) is 43.5 Å². The average Bonchev–Trinajstić information content (AvgIpc) is 2.73. The zero-order valence-corrected chi connectivity index (χ0v) is 18.0. The van der Waals surface area contributed by atoms with Gasteiger partial charge in [-0.3, -0.25) is 4.79 Å². The van der Waals surface area contributed by atoms with E-state index >= 15 is 0 Å². The maximum Gasteiger partial charge on any atom is 0.417 e. The minimum atomic E-state index is -4.78. The smallest absolute Gasteiger partial charge is 0.417 e. The molecule has 0 spiro atoms. The molecule has 1 aliphatic rings. The number of sulfonamides is 1. The van der Waals surface area contributed by atoms with Gasteiger partial charge in [-0.05, 0) is 37.3 Å². The number of hydrogen-bond acceptors (Lipinski definition) is 5. The van der Waals surface area contributed by atoms with Crippen LogP contribution < -0.4 is 4.74 Å². The van der Waals surface area contributed by atoms with E-state index in [4.69, 9.17) is 16.3 Å². The van der Waals surface area contributed by atoms with Crippen LogP contribution in [0.3, 0.4) is 0 Å². The molecule has 2 heterocycles. The summed E-state index contributed by atoms with van der Waals surface area (Å²) in [5.74, 6) is -0.176. The number of piperazine rings is 1. The summed E-state index contributed by atoms with van der Waals surface area (Å²) >= 11 is 5.58. The molecule has 1 aromatic heterocycles. The minimum Gasteiger partial charge on any atom is -0.477 e. The molecular weight excluding hydrogens is 459 g/mol. The van der Waals surface area contributed by atoms with E-state index < -0.39 is 31.7 Å². The van der Waals surface area contributed by atoms with Crippen LogP contribution in [0, 0.1) is 0 Å². The molecule has 3 rings (SSSR count). The minimum absolute atomic E-state index is 0.0672. The van der Waals surface area contributed by atoms with Gasteiger partial charge in [-0.1, -0.05) is 11.6 Å². The summed E-state index contributed by atoms with van der Waals surface area (Å²) in [6.45, 7) is 2.08. The summed E-state index contributed by atoms with van der Waals surface area (Å²) in [4.78, 5) is 17.8. The fraction of sp³-hybridized carbons (Fsp3) is 0.368. The lowest BCUT2D eigenvalue weighted by Crippen LogP contribution is -2.50. The van der Waals surface area contributed by atoms with Crippen LogP contribution in [-0.4, -0.2) is 61.3 Å². The number of aromatic nitrogens is 1. The lowest BCUT2D eigenvalue weighted by atomic mass is 10.2. The van der Waals surface area contributed by atoms with Crippen molar-refractivity contribution in [1.29, 1.82) is 0 Å². The Bertz CT molecular complexity index is 1070. The number of rotatable bonds is 5. The molecule has 1 fully saturated rings. The Balaban J connectivity index is 1.76. The zero-order chi connectivity index (χ0) is 22.8. The first-order chi connectivity index (χ1) is 14.6. The van der Waals surface area contributed by atoms with Gasteiger partial charge < -0.3 is 9.64 Å². The van der Waals surface area contributed by atoms with Crippen LogP contribution in [-0.2, 0) is 16.2 Å². The quantitative estimate of drug-likeness (QED) is 0.660. The highest BCUT2D eigenvalue weighted by atomic mass is 35.5. The van der Waals surface area contributed by atoms with Gasteiger partial charge in [0, 0.05) is 32.4 Å². The van der Waals surface area contributed by atoms with Crippen LogP contribution in [0.2, 0.25) is 5.02 Å². The first kappa shape index (κ1) is 23.3. The molecule has 0 radical (unpaired) electrons. The molecule has 2 aromatic rings.